The van der Waals surface area contributed by atoms with Gasteiger partial charge in [-0.15, -0.1) is 0 Å². The Labute approximate surface area is 253 Å². The van der Waals surface area contributed by atoms with Crippen LogP contribution in [0.4, 0.5) is 5.82 Å². The molecule has 10 nitrogen and oxygen atoms in total. The zero-order valence-corrected chi connectivity index (χ0v) is 25.1. The van der Waals surface area contributed by atoms with E-state index in [2.05, 4.69) is 15.5 Å². The lowest BCUT2D eigenvalue weighted by molar-refractivity contribution is -0.123. The van der Waals surface area contributed by atoms with Gasteiger partial charge in [0.25, 0.3) is 5.56 Å². The van der Waals surface area contributed by atoms with Crippen molar-refractivity contribution in [2.45, 2.75) is 18.4 Å². The molecule has 1 aliphatic rings. The van der Waals surface area contributed by atoms with Crippen LogP contribution in [-0.4, -0.2) is 66.3 Å². The summed E-state index contributed by atoms with van der Waals surface area (Å²) in [4.78, 5) is 29.2. The van der Waals surface area contributed by atoms with Crippen LogP contribution in [0.2, 0.25) is 10.0 Å². The minimum absolute atomic E-state index is 0.0993. The number of piperidine rings is 1. The summed E-state index contributed by atoms with van der Waals surface area (Å²) in [6, 6.07) is 10.3. The minimum Gasteiger partial charge on any atom is -0.493 e. The fourth-order valence-corrected chi connectivity index (χ4v) is 5.59. The maximum atomic E-state index is 13.9. The first-order valence-electron chi connectivity index (χ1n) is 13.4. The normalized spacial score (nSPS) is 17.3. The molecule has 4 N–H and O–H groups in total. The monoisotopic (exact) mass is 610 g/mol. The van der Waals surface area contributed by atoms with Gasteiger partial charge in [0.2, 0.25) is 0 Å². The van der Waals surface area contributed by atoms with Crippen LogP contribution in [0.3, 0.4) is 0 Å². The van der Waals surface area contributed by atoms with E-state index in [1.54, 1.807) is 41.0 Å². The van der Waals surface area contributed by atoms with Crippen LogP contribution in [0.1, 0.15) is 12.8 Å². The molecule has 1 aliphatic heterocycles. The van der Waals surface area contributed by atoms with Crippen LogP contribution in [0, 0.1) is 0 Å². The molecule has 0 saturated carbocycles. The summed E-state index contributed by atoms with van der Waals surface area (Å²) >= 11 is 12.2. The number of carbonyl (C=O) groups is 1. The van der Waals surface area contributed by atoms with Gasteiger partial charge in [-0.1, -0.05) is 35.3 Å². The number of benzene rings is 2. The molecule has 1 fully saturated rings. The average Bonchev–Trinajstić information content (AvgIpc) is 3.40. The van der Waals surface area contributed by atoms with Gasteiger partial charge < -0.3 is 30.0 Å². The van der Waals surface area contributed by atoms with Gasteiger partial charge in [0.1, 0.15) is 16.8 Å². The molecule has 1 saturated heterocycles. The number of fused-ring (bicyclic) bond motifs is 1. The number of halogens is 2. The summed E-state index contributed by atoms with van der Waals surface area (Å²) < 4.78 is 13.5. The Hall–Kier alpha value is -3.83. The standard InChI is InChI=1S/C30H32Cl2N6O4/c1-37(2)13-4-6-25(39)30(11-5-12-34-17-30)38-16-20(26-27(38)29(40)36-35-28(26)33)18-7-10-23(24(14-18)41-3)42-19-8-9-21(31)22(32)15-19/h4,6-10,14-16,34H,5,11-13,17H2,1-3H3,(H2,33,35)(H,36,40)/b6-4+/t30-/m1/s1. The molecule has 0 bridgehead atoms. The SMILES string of the molecule is COc1cc(-c2cn([C@]3(C(=O)/C=C/CN(C)C)CCCNC3)c3c(=O)[nH]nc(N)c23)ccc1Oc1ccc(Cl)c(Cl)c1. The summed E-state index contributed by atoms with van der Waals surface area (Å²) in [7, 11) is 5.40. The highest BCUT2D eigenvalue weighted by Crippen LogP contribution is 2.42. The molecule has 4 aromatic rings. The largest absolute Gasteiger partial charge is 0.493 e. The summed E-state index contributed by atoms with van der Waals surface area (Å²) in [6.45, 7) is 1.75. The topological polar surface area (TPSA) is 128 Å². The number of nitrogens with one attached hydrogen (secondary N) is 2. The molecule has 2 aromatic heterocycles. The van der Waals surface area contributed by atoms with E-state index >= 15 is 0 Å². The number of methoxy groups -OCH3 is 1. The molecule has 5 rings (SSSR count). The number of H-pyrrole nitrogens is 1. The number of ether oxygens (including phenoxy) is 2. The van der Waals surface area contributed by atoms with Crippen LogP contribution in [0.5, 0.6) is 17.2 Å². The van der Waals surface area contributed by atoms with Crippen molar-refractivity contribution in [2.24, 2.45) is 0 Å². The number of allylic oxidation sites excluding steroid dienone is 1. The number of hydrogen-bond acceptors (Lipinski definition) is 8. The molecule has 0 radical (unpaired) electrons. The number of hydrogen-bond donors (Lipinski definition) is 3. The Morgan fingerprint density at radius 2 is 2.00 bits per heavy atom. The van der Waals surface area contributed by atoms with Gasteiger partial charge in [0.15, 0.2) is 23.1 Å². The predicted octanol–water partition coefficient (Wildman–Crippen LogP) is 4.85. The van der Waals surface area contributed by atoms with Gasteiger partial charge >= 0.3 is 0 Å². The van der Waals surface area contributed by atoms with Gasteiger partial charge in [-0.05, 0) is 69.4 Å². The number of aromatic nitrogens is 3. The molecule has 0 spiro atoms. The third kappa shape index (κ3) is 5.63. The maximum absolute atomic E-state index is 13.9. The highest BCUT2D eigenvalue weighted by molar-refractivity contribution is 6.42. The highest BCUT2D eigenvalue weighted by Gasteiger charge is 2.42. The van der Waals surface area contributed by atoms with E-state index in [1.165, 1.54) is 7.11 Å². The zero-order valence-electron chi connectivity index (χ0n) is 23.5. The van der Waals surface area contributed by atoms with E-state index in [0.717, 1.165) is 13.0 Å². The van der Waals surface area contributed by atoms with Gasteiger partial charge in [-0.2, -0.15) is 5.10 Å². The molecule has 0 aliphatic carbocycles. The number of nitrogens with two attached hydrogens (primary N) is 1. The van der Waals surface area contributed by atoms with Crippen LogP contribution in [0.25, 0.3) is 22.0 Å². The molecule has 0 unspecified atom stereocenters. The maximum Gasteiger partial charge on any atom is 0.288 e. The molecule has 220 valence electrons. The van der Waals surface area contributed by atoms with Crippen molar-refractivity contribution >= 4 is 45.7 Å². The first-order valence-corrected chi connectivity index (χ1v) is 14.2. The lowest BCUT2D eigenvalue weighted by atomic mass is 9.85. The second-order valence-corrected chi connectivity index (χ2v) is 11.3. The van der Waals surface area contributed by atoms with Crippen LogP contribution in [0.15, 0.2) is 59.5 Å². The fraction of sp³-hybridized carbons (Fsp3) is 0.300. The Morgan fingerprint density at radius 3 is 2.69 bits per heavy atom. The van der Waals surface area contributed by atoms with Crippen LogP contribution in [-0.2, 0) is 10.3 Å². The lowest BCUT2D eigenvalue weighted by Crippen LogP contribution is -2.53. The summed E-state index contributed by atoms with van der Waals surface area (Å²) in [5, 5.41) is 11.1. The predicted molar refractivity (Wildman–Crippen MR) is 166 cm³/mol. The summed E-state index contributed by atoms with van der Waals surface area (Å²) in [6.07, 6.45) is 6.57. The number of carbonyl (C=O) groups excluding carboxylic acids is 1. The third-order valence-electron chi connectivity index (χ3n) is 7.37. The van der Waals surface area contributed by atoms with Gasteiger partial charge in [-0.3, -0.25) is 9.59 Å². The van der Waals surface area contributed by atoms with Crippen molar-refractivity contribution in [3.05, 3.63) is 75.1 Å². The third-order valence-corrected chi connectivity index (χ3v) is 8.11. The Kier molecular flexibility index (Phi) is 8.60. The van der Waals surface area contributed by atoms with E-state index in [4.69, 9.17) is 38.4 Å². The van der Waals surface area contributed by atoms with Crippen molar-refractivity contribution in [3.63, 3.8) is 0 Å². The summed E-state index contributed by atoms with van der Waals surface area (Å²) in [5.41, 5.74) is 6.53. The first-order chi connectivity index (χ1) is 20.1. The number of likely N-dealkylation sites (N-methyl/N-ethyl adjacent to an activating group) is 1. The minimum atomic E-state index is -1.03. The Morgan fingerprint density at radius 1 is 1.19 bits per heavy atom. The molecular formula is C30H32Cl2N6O4. The number of anilines is 1. The lowest BCUT2D eigenvalue weighted by Gasteiger charge is -2.37. The second-order valence-electron chi connectivity index (χ2n) is 10.5. The van der Waals surface area contributed by atoms with Crippen molar-refractivity contribution in [2.75, 3.05) is 46.6 Å². The molecule has 2 aromatic carbocycles. The number of rotatable bonds is 9. The van der Waals surface area contributed by atoms with Gasteiger partial charge in [0, 0.05) is 30.9 Å². The molecule has 12 heteroatoms. The summed E-state index contributed by atoms with van der Waals surface area (Å²) in [5.74, 6) is 1.41. The Balaban J connectivity index is 1.65. The fourth-order valence-electron chi connectivity index (χ4n) is 5.30. The van der Waals surface area contributed by atoms with Crippen molar-refractivity contribution < 1.29 is 14.3 Å². The number of nitrogens with zero attached hydrogens (tertiary/aromatic N) is 3. The number of ketones is 1. The van der Waals surface area contributed by atoms with Gasteiger partial charge in [0.05, 0.1) is 22.5 Å². The van der Waals surface area contributed by atoms with E-state index in [0.29, 0.717) is 63.3 Å². The van der Waals surface area contributed by atoms with E-state index < -0.39 is 11.1 Å². The van der Waals surface area contributed by atoms with Crippen LogP contribution >= 0.6 is 23.2 Å². The van der Waals surface area contributed by atoms with Gasteiger partial charge in [-0.25, -0.2) is 5.10 Å². The van der Waals surface area contributed by atoms with Crippen LogP contribution < -0.4 is 26.1 Å². The second kappa shape index (κ2) is 12.2. The molecule has 42 heavy (non-hydrogen) atoms. The first kappa shape index (κ1) is 29.7. The highest BCUT2D eigenvalue weighted by atomic mass is 35.5. The van der Waals surface area contributed by atoms with Crippen molar-refractivity contribution in [1.82, 2.24) is 25.0 Å². The molecule has 1 atom stereocenters. The quantitative estimate of drug-likeness (QED) is 0.230. The van der Waals surface area contributed by atoms with Crippen molar-refractivity contribution in [3.8, 4) is 28.4 Å². The zero-order chi connectivity index (χ0) is 30.0. The average molecular weight is 612 g/mol. The van der Waals surface area contributed by atoms with E-state index in [9.17, 15) is 9.59 Å². The smallest absolute Gasteiger partial charge is 0.288 e. The number of nitrogen functional groups attached to an aromatic ring is 1. The molecule has 3 heterocycles. The molecular weight excluding hydrogens is 579 g/mol. The Bertz CT molecular complexity index is 1720. The molecule has 0 amide bonds. The van der Waals surface area contributed by atoms with E-state index in [1.807, 2.05) is 37.3 Å². The van der Waals surface area contributed by atoms with Crippen molar-refractivity contribution in [1.29, 1.82) is 0 Å². The number of aromatic amines is 1. The van der Waals surface area contributed by atoms with E-state index in [-0.39, 0.29) is 17.1 Å².